The Labute approximate surface area is 136 Å². The van der Waals surface area contributed by atoms with Crippen LogP contribution in [0.4, 0.5) is 5.69 Å². The van der Waals surface area contributed by atoms with Crippen molar-refractivity contribution < 1.29 is 9.72 Å². The molecule has 0 fully saturated rings. The van der Waals surface area contributed by atoms with E-state index in [1.807, 2.05) is 0 Å². The minimum atomic E-state index is -0.452. The number of amides is 1. The molecule has 1 aliphatic rings. The lowest BCUT2D eigenvalue weighted by atomic mass is 9.89. The van der Waals surface area contributed by atoms with E-state index in [2.05, 4.69) is 23.9 Å². The van der Waals surface area contributed by atoms with E-state index in [0.717, 1.165) is 36.4 Å². The zero-order valence-corrected chi connectivity index (χ0v) is 13.4. The lowest BCUT2D eigenvalue weighted by Gasteiger charge is -2.22. The van der Waals surface area contributed by atoms with Crippen molar-refractivity contribution in [2.75, 3.05) is 0 Å². The molecule has 1 unspecified atom stereocenters. The van der Waals surface area contributed by atoms with Crippen LogP contribution in [-0.4, -0.2) is 10.8 Å². The molecule has 23 heavy (non-hydrogen) atoms. The second-order valence-electron chi connectivity index (χ2n) is 5.93. The number of hydrazine groups is 1. The summed E-state index contributed by atoms with van der Waals surface area (Å²) in [4.78, 5) is 22.0. The molecule has 6 heteroatoms. The van der Waals surface area contributed by atoms with Gasteiger partial charge in [-0.2, -0.15) is 0 Å². The number of rotatable bonds is 7. The van der Waals surface area contributed by atoms with Crippen LogP contribution in [0.2, 0.25) is 0 Å². The number of nitro benzene ring substituents is 1. The Morgan fingerprint density at radius 2 is 2.09 bits per heavy atom. The second kappa shape index (κ2) is 8.31. The van der Waals surface area contributed by atoms with Gasteiger partial charge in [0.1, 0.15) is 0 Å². The van der Waals surface area contributed by atoms with Crippen molar-refractivity contribution >= 4 is 11.6 Å². The molecule has 1 amide bonds. The van der Waals surface area contributed by atoms with Gasteiger partial charge in [-0.3, -0.25) is 20.3 Å². The lowest BCUT2D eigenvalue weighted by Crippen LogP contribution is -2.38. The van der Waals surface area contributed by atoms with E-state index in [9.17, 15) is 14.9 Å². The molecule has 0 bridgehead atoms. The van der Waals surface area contributed by atoms with Crippen molar-refractivity contribution in [1.29, 1.82) is 0 Å². The van der Waals surface area contributed by atoms with Crippen molar-refractivity contribution in [3.8, 4) is 0 Å². The van der Waals surface area contributed by atoms with Crippen LogP contribution in [0.25, 0.3) is 0 Å². The van der Waals surface area contributed by atoms with Gasteiger partial charge in [0, 0.05) is 17.8 Å². The minimum absolute atomic E-state index is 0.0290. The number of nitrogens with one attached hydrogen (secondary N) is 2. The second-order valence-corrected chi connectivity index (χ2v) is 5.93. The van der Waals surface area contributed by atoms with Crippen molar-refractivity contribution in [3.05, 3.63) is 51.7 Å². The summed E-state index contributed by atoms with van der Waals surface area (Å²) >= 11 is 0. The van der Waals surface area contributed by atoms with E-state index >= 15 is 0 Å². The third-order valence-corrected chi connectivity index (χ3v) is 4.09. The number of allylic oxidation sites excluding steroid dienone is 2. The largest absolute Gasteiger partial charge is 0.303 e. The van der Waals surface area contributed by atoms with Gasteiger partial charge in [0.15, 0.2) is 0 Å². The summed E-state index contributed by atoms with van der Waals surface area (Å²) in [6, 6.07) is 6.03. The summed E-state index contributed by atoms with van der Waals surface area (Å²) in [6.45, 7) is 2.20. The van der Waals surface area contributed by atoms with Gasteiger partial charge >= 0.3 is 0 Å². The van der Waals surface area contributed by atoms with Crippen LogP contribution in [0.3, 0.4) is 0 Å². The molecule has 6 nitrogen and oxygen atoms in total. The van der Waals surface area contributed by atoms with E-state index in [0.29, 0.717) is 0 Å². The molecular formula is C17H23N3O3. The van der Waals surface area contributed by atoms with E-state index in [4.69, 9.17) is 0 Å². The van der Waals surface area contributed by atoms with Crippen molar-refractivity contribution in [2.24, 2.45) is 5.92 Å². The normalized spacial score (nSPS) is 17.3. The summed E-state index contributed by atoms with van der Waals surface area (Å²) in [5.74, 6) is 0.608. The molecule has 0 aromatic heterocycles. The number of carbonyl (C=O) groups is 1. The zero-order valence-electron chi connectivity index (χ0n) is 13.4. The lowest BCUT2D eigenvalue weighted by molar-refractivity contribution is -0.384. The van der Waals surface area contributed by atoms with Crippen molar-refractivity contribution in [3.63, 3.8) is 0 Å². The molecule has 1 aromatic carbocycles. The van der Waals surface area contributed by atoms with Crippen LogP contribution in [0, 0.1) is 16.0 Å². The van der Waals surface area contributed by atoms with Gasteiger partial charge in [-0.15, -0.1) is 0 Å². The highest BCUT2D eigenvalue weighted by molar-refractivity contribution is 5.78. The Kier molecular flexibility index (Phi) is 6.14. The van der Waals surface area contributed by atoms with Gasteiger partial charge in [-0.1, -0.05) is 38.0 Å². The molecule has 2 rings (SSSR count). The average Bonchev–Trinajstić information content (AvgIpc) is 2.55. The third kappa shape index (κ3) is 5.39. The van der Waals surface area contributed by atoms with Gasteiger partial charge in [0.25, 0.3) is 5.69 Å². The molecule has 1 aliphatic carbocycles. The molecule has 124 valence electrons. The zero-order chi connectivity index (χ0) is 16.7. The number of nitrogens with zero attached hydrogens (tertiary/aromatic N) is 1. The molecule has 2 N–H and O–H groups in total. The van der Waals surface area contributed by atoms with Crippen LogP contribution < -0.4 is 10.9 Å². The quantitative estimate of drug-likeness (QED) is 0.597. The number of hydrogen-bond acceptors (Lipinski definition) is 4. The maximum absolute atomic E-state index is 11.9. The van der Waals surface area contributed by atoms with Gasteiger partial charge in [0.05, 0.1) is 11.3 Å². The van der Waals surface area contributed by atoms with Crippen LogP contribution in [0.15, 0.2) is 36.0 Å². The van der Waals surface area contributed by atoms with Crippen LogP contribution >= 0.6 is 0 Å². The highest BCUT2D eigenvalue weighted by Gasteiger charge is 2.14. The van der Waals surface area contributed by atoms with Crippen molar-refractivity contribution in [1.82, 2.24) is 10.9 Å². The van der Waals surface area contributed by atoms with E-state index in [-0.39, 0.29) is 18.0 Å². The molecule has 1 aromatic rings. The van der Waals surface area contributed by atoms with E-state index in [1.54, 1.807) is 12.1 Å². The Bertz CT molecular complexity index is 581. The van der Waals surface area contributed by atoms with E-state index in [1.165, 1.54) is 25.0 Å². The number of non-ortho nitro benzene ring substituents is 1. The maximum Gasteiger partial charge on any atom is 0.269 e. The van der Waals surface area contributed by atoms with Gasteiger partial charge in [-0.05, 0) is 30.7 Å². The van der Waals surface area contributed by atoms with Gasteiger partial charge < -0.3 is 5.43 Å². The summed E-state index contributed by atoms with van der Waals surface area (Å²) in [5.41, 5.74) is 7.52. The molecule has 0 heterocycles. The van der Waals surface area contributed by atoms with Gasteiger partial charge in [0.2, 0.25) is 5.91 Å². The smallest absolute Gasteiger partial charge is 0.269 e. The predicted molar refractivity (Wildman–Crippen MR) is 88.4 cm³/mol. The maximum atomic E-state index is 11.9. The SMILES string of the molecule is CCCC1CC=C(NNC(=O)Cc2ccc([N+](=O)[O-])cc2)CC1. The first-order chi connectivity index (χ1) is 11.1. The number of benzene rings is 1. The van der Waals surface area contributed by atoms with Crippen molar-refractivity contribution in [2.45, 2.75) is 45.4 Å². The molecule has 0 saturated carbocycles. The Hall–Kier alpha value is -2.37. The summed E-state index contributed by atoms with van der Waals surface area (Å²) in [6.07, 6.45) is 8.01. The first-order valence-electron chi connectivity index (χ1n) is 8.05. The Balaban J connectivity index is 1.76. The predicted octanol–water partition coefficient (Wildman–Crippen LogP) is 3.24. The summed E-state index contributed by atoms with van der Waals surface area (Å²) in [7, 11) is 0. The topological polar surface area (TPSA) is 84.3 Å². The number of carbonyl (C=O) groups excluding carboxylic acids is 1. The highest BCUT2D eigenvalue weighted by Crippen LogP contribution is 2.25. The minimum Gasteiger partial charge on any atom is -0.303 e. The van der Waals surface area contributed by atoms with Crippen LogP contribution in [0.1, 0.15) is 44.6 Å². The van der Waals surface area contributed by atoms with Gasteiger partial charge in [-0.25, -0.2) is 0 Å². The fourth-order valence-electron chi connectivity index (χ4n) is 2.79. The third-order valence-electron chi connectivity index (χ3n) is 4.09. The Morgan fingerprint density at radius 1 is 1.35 bits per heavy atom. The molecule has 0 aliphatic heterocycles. The highest BCUT2D eigenvalue weighted by atomic mass is 16.6. The molecule has 1 atom stereocenters. The fourth-order valence-corrected chi connectivity index (χ4v) is 2.79. The fraction of sp³-hybridized carbons (Fsp3) is 0.471. The Morgan fingerprint density at radius 3 is 2.65 bits per heavy atom. The number of hydrogen-bond donors (Lipinski definition) is 2. The first kappa shape index (κ1) is 17.0. The summed E-state index contributed by atoms with van der Waals surface area (Å²) < 4.78 is 0. The molecule has 0 saturated heterocycles. The molecular weight excluding hydrogens is 294 g/mol. The van der Waals surface area contributed by atoms with Crippen LogP contribution in [0.5, 0.6) is 0 Å². The number of nitro groups is 1. The van der Waals surface area contributed by atoms with E-state index < -0.39 is 4.92 Å². The molecule has 0 radical (unpaired) electrons. The summed E-state index contributed by atoms with van der Waals surface area (Å²) in [5, 5.41) is 10.6. The monoisotopic (exact) mass is 317 g/mol. The van der Waals surface area contributed by atoms with Crippen LogP contribution in [-0.2, 0) is 11.2 Å². The molecule has 0 spiro atoms. The average molecular weight is 317 g/mol. The first-order valence-corrected chi connectivity index (χ1v) is 8.05. The standard InChI is InChI=1S/C17H23N3O3/c1-2-3-13-4-8-15(9-5-13)18-19-17(21)12-14-6-10-16(11-7-14)20(22)23/h6-8,10-11,13,18H,2-5,9,12H2,1H3,(H,19,21).